The largest absolute Gasteiger partial charge is 0.489 e. The van der Waals surface area contributed by atoms with E-state index >= 15 is 0 Å². The Balaban J connectivity index is 2.39. The fraction of sp³-hybridized carbons (Fsp3) is 0.571. The number of nitrogens with one attached hydrogen (secondary N) is 1. The van der Waals surface area contributed by atoms with Crippen LogP contribution in [-0.4, -0.2) is 19.2 Å². The van der Waals surface area contributed by atoms with Gasteiger partial charge in [0.15, 0.2) is 0 Å². The van der Waals surface area contributed by atoms with Crippen LogP contribution in [0.4, 0.5) is 4.39 Å². The number of halogens is 1. The Morgan fingerprint density at radius 1 is 1.24 bits per heavy atom. The zero-order chi connectivity index (χ0) is 12.8. The van der Waals surface area contributed by atoms with Gasteiger partial charge in [0.25, 0.3) is 0 Å². The van der Waals surface area contributed by atoms with E-state index in [1.807, 2.05) is 6.92 Å². The van der Waals surface area contributed by atoms with Crippen molar-refractivity contribution in [1.82, 2.24) is 5.32 Å². The monoisotopic (exact) mass is 239 g/mol. The van der Waals surface area contributed by atoms with Crippen molar-refractivity contribution in [3.8, 4) is 5.75 Å². The van der Waals surface area contributed by atoms with Crippen molar-refractivity contribution >= 4 is 0 Å². The van der Waals surface area contributed by atoms with Crippen molar-refractivity contribution in [3.63, 3.8) is 0 Å². The van der Waals surface area contributed by atoms with E-state index < -0.39 is 0 Å². The number of aryl methyl sites for hydroxylation is 1. The molecule has 0 saturated carbocycles. The molecule has 1 N–H and O–H groups in total. The molecule has 0 amide bonds. The minimum absolute atomic E-state index is 0.0378. The molecule has 1 atom stereocenters. The molecule has 0 aliphatic carbocycles. The maximum atomic E-state index is 13.3. The first-order valence-corrected chi connectivity index (χ1v) is 6.12. The standard InChI is InChI=1S/C14H22FNO/c1-10(2)8-16-9-12(4)17-13-6-5-11(3)14(15)7-13/h5-7,10,12,16H,8-9H2,1-4H3. The molecule has 0 radical (unpaired) electrons. The molecule has 0 spiro atoms. The SMILES string of the molecule is Cc1ccc(OC(C)CNCC(C)C)cc1F. The zero-order valence-corrected chi connectivity index (χ0v) is 11.1. The van der Waals surface area contributed by atoms with Crippen LogP contribution in [0.15, 0.2) is 18.2 Å². The second kappa shape index (κ2) is 6.60. The minimum atomic E-state index is -0.218. The fourth-order valence-electron chi connectivity index (χ4n) is 1.50. The third-order valence-corrected chi connectivity index (χ3v) is 2.46. The quantitative estimate of drug-likeness (QED) is 0.823. The normalized spacial score (nSPS) is 12.8. The lowest BCUT2D eigenvalue weighted by molar-refractivity contribution is 0.214. The molecule has 1 aromatic carbocycles. The summed E-state index contributed by atoms with van der Waals surface area (Å²) >= 11 is 0. The molecule has 0 bridgehead atoms. The Hall–Kier alpha value is -1.09. The molecule has 1 unspecified atom stereocenters. The van der Waals surface area contributed by atoms with E-state index in [9.17, 15) is 4.39 Å². The van der Waals surface area contributed by atoms with E-state index in [4.69, 9.17) is 4.74 Å². The first-order chi connectivity index (χ1) is 7.99. The van der Waals surface area contributed by atoms with Crippen molar-refractivity contribution in [2.75, 3.05) is 13.1 Å². The number of hydrogen-bond acceptors (Lipinski definition) is 2. The summed E-state index contributed by atoms with van der Waals surface area (Å²) in [5.74, 6) is 0.996. The van der Waals surface area contributed by atoms with Crippen LogP contribution in [0.3, 0.4) is 0 Å². The van der Waals surface area contributed by atoms with E-state index in [1.165, 1.54) is 6.07 Å². The van der Waals surface area contributed by atoms with Gasteiger partial charge in [-0.25, -0.2) is 4.39 Å². The molecule has 96 valence electrons. The van der Waals surface area contributed by atoms with Gasteiger partial charge in [-0.15, -0.1) is 0 Å². The molecule has 0 aliphatic rings. The lowest BCUT2D eigenvalue weighted by Gasteiger charge is -2.16. The molecule has 1 aromatic rings. The summed E-state index contributed by atoms with van der Waals surface area (Å²) in [5.41, 5.74) is 0.642. The zero-order valence-electron chi connectivity index (χ0n) is 11.1. The fourth-order valence-corrected chi connectivity index (χ4v) is 1.50. The predicted octanol–water partition coefficient (Wildman–Crippen LogP) is 3.15. The molecule has 17 heavy (non-hydrogen) atoms. The van der Waals surface area contributed by atoms with Crippen molar-refractivity contribution in [1.29, 1.82) is 0 Å². The van der Waals surface area contributed by atoms with Gasteiger partial charge in [0.05, 0.1) is 0 Å². The van der Waals surface area contributed by atoms with Gasteiger partial charge in [0.1, 0.15) is 17.7 Å². The Kier molecular flexibility index (Phi) is 5.42. The van der Waals surface area contributed by atoms with E-state index in [2.05, 4.69) is 19.2 Å². The van der Waals surface area contributed by atoms with Crippen LogP contribution < -0.4 is 10.1 Å². The van der Waals surface area contributed by atoms with E-state index in [0.29, 0.717) is 17.2 Å². The molecular formula is C14H22FNO. The smallest absolute Gasteiger partial charge is 0.129 e. The van der Waals surface area contributed by atoms with Crippen LogP contribution in [0.1, 0.15) is 26.3 Å². The van der Waals surface area contributed by atoms with Crippen LogP contribution in [0.25, 0.3) is 0 Å². The van der Waals surface area contributed by atoms with Crippen molar-refractivity contribution in [2.45, 2.75) is 33.8 Å². The van der Waals surface area contributed by atoms with Gasteiger partial charge in [-0.3, -0.25) is 0 Å². The van der Waals surface area contributed by atoms with Crippen LogP contribution in [0, 0.1) is 18.7 Å². The van der Waals surface area contributed by atoms with Gasteiger partial charge in [-0.2, -0.15) is 0 Å². The number of hydrogen-bond donors (Lipinski definition) is 1. The lowest BCUT2D eigenvalue weighted by Crippen LogP contribution is -2.31. The number of benzene rings is 1. The molecule has 3 heteroatoms. The lowest BCUT2D eigenvalue weighted by atomic mass is 10.2. The highest BCUT2D eigenvalue weighted by atomic mass is 19.1. The topological polar surface area (TPSA) is 21.3 Å². The molecule has 0 saturated heterocycles. The highest BCUT2D eigenvalue weighted by Crippen LogP contribution is 2.16. The van der Waals surface area contributed by atoms with Gasteiger partial charge in [0, 0.05) is 12.6 Å². The van der Waals surface area contributed by atoms with E-state index in [-0.39, 0.29) is 11.9 Å². The van der Waals surface area contributed by atoms with Crippen LogP contribution >= 0.6 is 0 Å². The van der Waals surface area contributed by atoms with Crippen molar-refractivity contribution in [3.05, 3.63) is 29.6 Å². The molecule has 0 aliphatic heterocycles. The summed E-state index contributed by atoms with van der Waals surface area (Å²) in [4.78, 5) is 0. The maximum absolute atomic E-state index is 13.3. The second-order valence-electron chi connectivity index (χ2n) is 4.89. The van der Waals surface area contributed by atoms with Gasteiger partial charge in [-0.1, -0.05) is 19.9 Å². The first-order valence-electron chi connectivity index (χ1n) is 6.12. The van der Waals surface area contributed by atoms with Crippen LogP contribution in [0.2, 0.25) is 0 Å². The minimum Gasteiger partial charge on any atom is -0.489 e. The van der Waals surface area contributed by atoms with E-state index in [1.54, 1.807) is 19.1 Å². The Labute approximate surface area is 103 Å². The highest BCUT2D eigenvalue weighted by Gasteiger charge is 2.06. The van der Waals surface area contributed by atoms with Crippen molar-refractivity contribution < 1.29 is 9.13 Å². The molecule has 1 rings (SSSR count). The Morgan fingerprint density at radius 3 is 2.53 bits per heavy atom. The first kappa shape index (κ1) is 14.0. The third-order valence-electron chi connectivity index (χ3n) is 2.46. The van der Waals surface area contributed by atoms with E-state index in [0.717, 1.165) is 13.1 Å². The Bertz CT molecular complexity index is 352. The summed E-state index contributed by atoms with van der Waals surface area (Å²) in [7, 11) is 0. The summed E-state index contributed by atoms with van der Waals surface area (Å²) in [6.07, 6.45) is 0.0378. The van der Waals surface area contributed by atoms with Gasteiger partial charge in [0.2, 0.25) is 0 Å². The maximum Gasteiger partial charge on any atom is 0.129 e. The van der Waals surface area contributed by atoms with Crippen LogP contribution in [-0.2, 0) is 0 Å². The van der Waals surface area contributed by atoms with Gasteiger partial charge in [-0.05, 0) is 37.9 Å². The number of rotatable bonds is 6. The second-order valence-corrected chi connectivity index (χ2v) is 4.89. The average Bonchev–Trinajstić information content (AvgIpc) is 2.23. The average molecular weight is 239 g/mol. The summed E-state index contributed by atoms with van der Waals surface area (Å²) in [6, 6.07) is 4.98. The third kappa shape index (κ3) is 5.18. The van der Waals surface area contributed by atoms with Gasteiger partial charge < -0.3 is 10.1 Å². The van der Waals surface area contributed by atoms with Crippen LogP contribution in [0.5, 0.6) is 5.75 Å². The highest BCUT2D eigenvalue weighted by molar-refractivity contribution is 5.28. The summed E-state index contributed by atoms with van der Waals surface area (Å²) in [5, 5.41) is 3.31. The molecule has 0 aromatic heterocycles. The predicted molar refractivity (Wildman–Crippen MR) is 68.9 cm³/mol. The van der Waals surface area contributed by atoms with Gasteiger partial charge >= 0.3 is 0 Å². The number of ether oxygens (including phenoxy) is 1. The molecular weight excluding hydrogens is 217 g/mol. The summed E-state index contributed by atoms with van der Waals surface area (Å²) < 4.78 is 18.9. The molecule has 0 heterocycles. The Morgan fingerprint density at radius 2 is 1.94 bits per heavy atom. The summed E-state index contributed by atoms with van der Waals surface area (Å²) in [6.45, 7) is 9.78. The molecule has 0 fully saturated rings. The molecule has 2 nitrogen and oxygen atoms in total. The van der Waals surface area contributed by atoms with Crippen molar-refractivity contribution in [2.24, 2.45) is 5.92 Å².